The normalized spacial score (nSPS) is 17.2. The summed E-state index contributed by atoms with van der Waals surface area (Å²) >= 11 is 0. The van der Waals surface area contributed by atoms with Crippen molar-refractivity contribution in [2.45, 2.75) is 6.42 Å². The van der Waals surface area contributed by atoms with Crippen LogP contribution in [0.25, 0.3) is 0 Å². The number of hydrogen-bond acceptors (Lipinski definition) is 3. The first-order valence-corrected chi connectivity index (χ1v) is 6.50. The van der Waals surface area contributed by atoms with E-state index in [0.717, 1.165) is 52.4 Å². The van der Waals surface area contributed by atoms with Gasteiger partial charge in [-0.3, -0.25) is 4.90 Å². The number of piperazine rings is 1. The summed E-state index contributed by atoms with van der Waals surface area (Å²) in [6, 6.07) is 10.5. The van der Waals surface area contributed by atoms with E-state index in [2.05, 4.69) is 40.5 Å². The smallest absolute Gasteiger partial charge is 0.0593 e. The molecule has 3 nitrogen and oxygen atoms in total. The van der Waals surface area contributed by atoms with Crippen LogP contribution in [0.1, 0.15) is 5.56 Å². The number of ether oxygens (including phenoxy) is 1. The Labute approximate surface area is 104 Å². The van der Waals surface area contributed by atoms with E-state index in [-0.39, 0.29) is 0 Å². The number of rotatable bonds is 6. The molecule has 0 atom stereocenters. The van der Waals surface area contributed by atoms with Gasteiger partial charge in [-0.15, -0.1) is 0 Å². The minimum Gasteiger partial charge on any atom is -0.380 e. The van der Waals surface area contributed by atoms with Crippen LogP contribution < -0.4 is 5.32 Å². The molecule has 1 aromatic carbocycles. The van der Waals surface area contributed by atoms with Crippen LogP contribution in [-0.2, 0) is 11.2 Å². The molecule has 1 aliphatic heterocycles. The maximum atomic E-state index is 5.68. The van der Waals surface area contributed by atoms with Crippen molar-refractivity contribution in [3.63, 3.8) is 0 Å². The van der Waals surface area contributed by atoms with Gasteiger partial charge >= 0.3 is 0 Å². The SMILES string of the molecule is c1ccc(CCOCCN2CCNCC2)cc1. The van der Waals surface area contributed by atoms with Crippen molar-refractivity contribution < 1.29 is 4.74 Å². The van der Waals surface area contributed by atoms with Gasteiger partial charge in [0.1, 0.15) is 0 Å². The summed E-state index contributed by atoms with van der Waals surface area (Å²) in [6.45, 7) is 7.29. The van der Waals surface area contributed by atoms with Gasteiger partial charge in [0.05, 0.1) is 13.2 Å². The summed E-state index contributed by atoms with van der Waals surface area (Å²) in [4.78, 5) is 2.46. The summed E-state index contributed by atoms with van der Waals surface area (Å²) in [5, 5.41) is 3.36. The van der Waals surface area contributed by atoms with E-state index in [0.29, 0.717) is 0 Å². The van der Waals surface area contributed by atoms with Gasteiger partial charge in [-0.25, -0.2) is 0 Å². The Kier molecular flexibility index (Phi) is 5.49. The van der Waals surface area contributed by atoms with Gasteiger partial charge < -0.3 is 10.1 Å². The lowest BCUT2D eigenvalue weighted by atomic mass is 10.2. The molecule has 0 unspecified atom stereocenters. The Morgan fingerprint density at radius 1 is 1.06 bits per heavy atom. The number of nitrogens with zero attached hydrogens (tertiary/aromatic N) is 1. The molecule has 1 aromatic rings. The second kappa shape index (κ2) is 7.43. The molecular weight excluding hydrogens is 212 g/mol. The van der Waals surface area contributed by atoms with Crippen molar-refractivity contribution in [1.82, 2.24) is 10.2 Å². The molecule has 1 N–H and O–H groups in total. The third-order valence-corrected chi connectivity index (χ3v) is 3.14. The number of benzene rings is 1. The molecule has 0 spiro atoms. The second-order valence-corrected chi connectivity index (χ2v) is 4.44. The molecule has 0 radical (unpaired) electrons. The summed E-state index contributed by atoms with van der Waals surface area (Å²) < 4.78 is 5.68. The van der Waals surface area contributed by atoms with E-state index >= 15 is 0 Å². The largest absolute Gasteiger partial charge is 0.380 e. The predicted molar refractivity (Wildman–Crippen MR) is 70.3 cm³/mol. The summed E-state index contributed by atoms with van der Waals surface area (Å²) in [5.74, 6) is 0. The van der Waals surface area contributed by atoms with Gasteiger partial charge in [-0.2, -0.15) is 0 Å². The van der Waals surface area contributed by atoms with Crippen LogP contribution in [0.3, 0.4) is 0 Å². The topological polar surface area (TPSA) is 24.5 Å². The molecule has 0 saturated carbocycles. The average Bonchev–Trinajstić information content (AvgIpc) is 2.41. The first-order valence-electron chi connectivity index (χ1n) is 6.50. The maximum Gasteiger partial charge on any atom is 0.0593 e. The highest BCUT2D eigenvalue weighted by molar-refractivity contribution is 5.14. The molecule has 17 heavy (non-hydrogen) atoms. The first kappa shape index (κ1) is 12.6. The van der Waals surface area contributed by atoms with E-state index in [9.17, 15) is 0 Å². The van der Waals surface area contributed by atoms with Crippen molar-refractivity contribution in [1.29, 1.82) is 0 Å². The van der Waals surface area contributed by atoms with Gasteiger partial charge in [0.15, 0.2) is 0 Å². The molecule has 0 aliphatic carbocycles. The summed E-state index contributed by atoms with van der Waals surface area (Å²) in [5.41, 5.74) is 1.36. The highest BCUT2D eigenvalue weighted by Gasteiger charge is 2.08. The fourth-order valence-corrected chi connectivity index (χ4v) is 2.07. The number of nitrogens with one attached hydrogen (secondary N) is 1. The van der Waals surface area contributed by atoms with Crippen LogP contribution in [0.2, 0.25) is 0 Å². The predicted octanol–water partition coefficient (Wildman–Crippen LogP) is 1.15. The standard InChI is InChI=1S/C14H22N2O/c1-2-4-14(5-3-1)6-12-17-13-11-16-9-7-15-8-10-16/h1-5,15H,6-13H2. The maximum absolute atomic E-state index is 5.68. The van der Waals surface area contributed by atoms with Crippen LogP contribution in [0.4, 0.5) is 0 Å². The lowest BCUT2D eigenvalue weighted by molar-refractivity contribution is 0.101. The molecule has 94 valence electrons. The Hall–Kier alpha value is -0.900. The Bertz CT molecular complexity index is 296. The molecule has 1 fully saturated rings. The number of hydrogen-bond donors (Lipinski definition) is 1. The molecule has 0 bridgehead atoms. The molecular formula is C14H22N2O. The van der Waals surface area contributed by atoms with E-state index in [4.69, 9.17) is 4.74 Å². The van der Waals surface area contributed by atoms with Crippen molar-refractivity contribution in [3.05, 3.63) is 35.9 Å². The summed E-state index contributed by atoms with van der Waals surface area (Å²) in [7, 11) is 0. The monoisotopic (exact) mass is 234 g/mol. The van der Waals surface area contributed by atoms with Crippen LogP contribution in [0.5, 0.6) is 0 Å². The lowest BCUT2D eigenvalue weighted by Gasteiger charge is -2.26. The molecule has 1 aliphatic rings. The molecule has 1 heterocycles. The van der Waals surface area contributed by atoms with Crippen LogP contribution in [0.15, 0.2) is 30.3 Å². The molecule has 1 saturated heterocycles. The minimum atomic E-state index is 0.829. The van der Waals surface area contributed by atoms with Gasteiger partial charge in [0.25, 0.3) is 0 Å². The Balaban J connectivity index is 1.51. The van der Waals surface area contributed by atoms with E-state index in [1.165, 1.54) is 5.56 Å². The van der Waals surface area contributed by atoms with Crippen LogP contribution >= 0.6 is 0 Å². The third kappa shape index (κ3) is 4.86. The van der Waals surface area contributed by atoms with Gasteiger partial charge in [0, 0.05) is 32.7 Å². The lowest BCUT2D eigenvalue weighted by Crippen LogP contribution is -2.44. The fraction of sp³-hybridized carbons (Fsp3) is 0.571. The zero-order chi connectivity index (χ0) is 11.8. The average molecular weight is 234 g/mol. The first-order chi connectivity index (χ1) is 8.45. The van der Waals surface area contributed by atoms with E-state index in [1.54, 1.807) is 0 Å². The Morgan fingerprint density at radius 3 is 2.59 bits per heavy atom. The highest BCUT2D eigenvalue weighted by atomic mass is 16.5. The van der Waals surface area contributed by atoms with Crippen molar-refractivity contribution in [3.8, 4) is 0 Å². The second-order valence-electron chi connectivity index (χ2n) is 4.44. The molecule has 2 rings (SSSR count). The Morgan fingerprint density at radius 2 is 1.82 bits per heavy atom. The highest BCUT2D eigenvalue weighted by Crippen LogP contribution is 1.99. The molecule has 0 amide bonds. The van der Waals surface area contributed by atoms with Gasteiger partial charge in [0.2, 0.25) is 0 Å². The zero-order valence-corrected chi connectivity index (χ0v) is 10.4. The van der Waals surface area contributed by atoms with Gasteiger partial charge in [-0.05, 0) is 12.0 Å². The van der Waals surface area contributed by atoms with E-state index in [1.807, 2.05) is 0 Å². The van der Waals surface area contributed by atoms with Crippen molar-refractivity contribution in [2.24, 2.45) is 0 Å². The van der Waals surface area contributed by atoms with Gasteiger partial charge in [-0.1, -0.05) is 30.3 Å². The van der Waals surface area contributed by atoms with Crippen molar-refractivity contribution in [2.75, 3.05) is 45.9 Å². The summed E-state index contributed by atoms with van der Waals surface area (Å²) in [6.07, 6.45) is 1.02. The quantitative estimate of drug-likeness (QED) is 0.747. The van der Waals surface area contributed by atoms with Crippen LogP contribution in [0, 0.1) is 0 Å². The minimum absolute atomic E-state index is 0.829. The fourth-order valence-electron chi connectivity index (χ4n) is 2.07. The van der Waals surface area contributed by atoms with E-state index < -0.39 is 0 Å². The van der Waals surface area contributed by atoms with Crippen LogP contribution in [-0.4, -0.2) is 50.8 Å². The third-order valence-electron chi connectivity index (χ3n) is 3.14. The van der Waals surface area contributed by atoms with Crippen molar-refractivity contribution >= 4 is 0 Å². The zero-order valence-electron chi connectivity index (χ0n) is 10.4. The molecule has 3 heteroatoms. The molecule has 0 aromatic heterocycles.